The maximum atomic E-state index is 13.8. The summed E-state index contributed by atoms with van der Waals surface area (Å²) >= 11 is 0. The minimum Gasteiger partial charge on any atom is -0.497 e. The summed E-state index contributed by atoms with van der Waals surface area (Å²) in [4.78, 5) is 4.08. The predicted octanol–water partition coefficient (Wildman–Crippen LogP) is 2.76. The van der Waals surface area contributed by atoms with Crippen LogP contribution in [0.5, 0.6) is 11.5 Å². The van der Waals surface area contributed by atoms with Crippen LogP contribution in [0.4, 0.5) is 10.3 Å². The molecule has 0 saturated carbocycles. The molecule has 3 aromatic rings. The van der Waals surface area contributed by atoms with Gasteiger partial charge >= 0.3 is 0 Å². The van der Waals surface area contributed by atoms with E-state index >= 15 is 0 Å². The molecule has 0 bridgehead atoms. The SMILES string of the molecule is COc1cc(OC)cc(-n2c(N)nc3c(F)cccc32)c1. The zero-order chi connectivity index (χ0) is 15.0. The van der Waals surface area contributed by atoms with Gasteiger partial charge in [0.05, 0.1) is 25.4 Å². The summed E-state index contributed by atoms with van der Waals surface area (Å²) in [7, 11) is 3.13. The first-order valence-electron chi connectivity index (χ1n) is 6.30. The van der Waals surface area contributed by atoms with Gasteiger partial charge in [-0.15, -0.1) is 0 Å². The highest BCUT2D eigenvalue weighted by Crippen LogP contribution is 2.30. The smallest absolute Gasteiger partial charge is 0.206 e. The number of imidazole rings is 1. The van der Waals surface area contributed by atoms with E-state index in [0.717, 1.165) is 0 Å². The van der Waals surface area contributed by atoms with E-state index in [1.165, 1.54) is 6.07 Å². The van der Waals surface area contributed by atoms with Crippen LogP contribution in [0.1, 0.15) is 0 Å². The van der Waals surface area contributed by atoms with Gasteiger partial charge in [0, 0.05) is 18.2 Å². The maximum absolute atomic E-state index is 13.8. The summed E-state index contributed by atoms with van der Waals surface area (Å²) in [6, 6.07) is 10.0. The number of halogens is 1. The number of rotatable bonds is 3. The number of ether oxygens (including phenoxy) is 2. The first kappa shape index (κ1) is 13.2. The molecule has 0 unspecified atom stereocenters. The lowest BCUT2D eigenvalue weighted by molar-refractivity contribution is 0.394. The highest BCUT2D eigenvalue weighted by Gasteiger charge is 2.14. The molecule has 1 heterocycles. The summed E-state index contributed by atoms with van der Waals surface area (Å²) in [5.41, 5.74) is 7.45. The molecule has 5 nitrogen and oxygen atoms in total. The Labute approximate surface area is 120 Å². The lowest BCUT2D eigenvalue weighted by atomic mass is 10.2. The zero-order valence-corrected chi connectivity index (χ0v) is 11.6. The van der Waals surface area contributed by atoms with Gasteiger partial charge in [-0.1, -0.05) is 6.07 Å². The van der Waals surface area contributed by atoms with Crippen LogP contribution in [0, 0.1) is 5.82 Å². The molecular formula is C15H14FN3O2. The summed E-state index contributed by atoms with van der Waals surface area (Å²) < 4.78 is 25.9. The number of hydrogen-bond acceptors (Lipinski definition) is 4. The van der Waals surface area contributed by atoms with E-state index in [2.05, 4.69) is 4.98 Å². The summed E-state index contributed by atoms with van der Waals surface area (Å²) in [6.45, 7) is 0. The molecule has 6 heteroatoms. The molecule has 21 heavy (non-hydrogen) atoms. The van der Waals surface area contributed by atoms with E-state index in [1.54, 1.807) is 49.1 Å². The fourth-order valence-corrected chi connectivity index (χ4v) is 2.28. The second-order valence-corrected chi connectivity index (χ2v) is 4.48. The standard InChI is InChI=1S/C15H14FN3O2/c1-20-10-6-9(7-11(8-10)21-2)19-13-5-3-4-12(16)14(13)18-15(19)17/h3-8H,1-2H3,(H2,17,18). The van der Waals surface area contributed by atoms with Crippen molar-refractivity contribution in [3.63, 3.8) is 0 Å². The Bertz CT molecular complexity index is 792. The van der Waals surface area contributed by atoms with E-state index < -0.39 is 5.82 Å². The van der Waals surface area contributed by atoms with Gasteiger partial charge in [-0.05, 0) is 12.1 Å². The molecule has 2 N–H and O–H groups in total. The number of aromatic nitrogens is 2. The van der Waals surface area contributed by atoms with Crippen molar-refractivity contribution < 1.29 is 13.9 Å². The van der Waals surface area contributed by atoms with Crippen LogP contribution in [0.25, 0.3) is 16.7 Å². The van der Waals surface area contributed by atoms with E-state index in [4.69, 9.17) is 15.2 Å². The van der Waals surface area contributed by atoms with Crippen LogP contribution in [-0.4, -0.2) is 23.8 Å². The lowest BCUT2D eigenvalue weighted by Crippen LogP contribution is -2.01. The van der Waals surface area contributed by atoms with Gasteiger partial charge in [0.2, 0.25) is 5.95 Å². The molecule has 2 aromatic carbocycles. The van der Waals surface area contributed by atoms with E-state index in [0.29, 0.717) is 22.7 Å². The van der Waals surface area contributed by atoms with E-state index in [-0.39, 0.29) is 11.5 Å². The molecule has 3 rings (SSSR count). The molecule has 108 valence electrons. The van der Waals surface area contributed by atoms with Gasteiger partial charge in [0.15, 0.2) is 5.82 Å². The Morgan fingerprint density at radius 3 is 2.38 bits per heavy atom. The molecule has 0 saturated heterocycles. The topological polar surface area (TPSA) is 62.3 Å². The third kappa shape index (κ3) is 2.14. The molecule has 0 atom stereocenters. The third-order valence-corrected chi connectivity index (χ3v) is 3.26. The first-order chi connectivity index (χ1) is 10.1. The van der Waals surface area contributed by atoms with Crippen LogP contribution in [-0.2, 0) is 0 Å². The van der Waals surface area contributed by atoms with Gasteiger partial charge in [-0.3, -0.25) is 4.57 Å². The largest absolute Gasteiger partial charge is 0.497 e. The van der Waals surface area contributed by atoms with Crippen LogP contribution in [0.2, 0.25) is 0 Å². The monoisotopic (exact) mass is 287 g/mol. The number of hydrogen-bond donors (Lipinski definition) is 1. The summed E-state index contributed by atoms with van der Waals surface area (Å²) in [5, 5.41) is 0. The molecule has 0 spiro atoms. The lowest BCUT2D eigenvalue weighted by Gasteiger charge is -2.11. The highest BCUT2D eigenvalue weighted by atomic mass is 19.1. The van der Waals surface area contributed by atoms with Crippen LogP contribution in [0.15, 0.2) is 36.4 Å². The Balaban J connectivity index is 2.30. The summed E-state index contributed by atoms with van der Waals surface area (Å²) in [6.07, 6.45) is 0. The van der Waals surface area contributed by atoms with Crippen molar-refractivity contribution in [3.05, 3.63) is 42.2 Å². The van der Waals surface area contributed by atoms with Gasteiger partial charge in [-0.2, -0.15) is 0 Å². The van der Waals surface area contributed by atoms with Crippen molar-refractivity contribution in [2.75, 3.05) is 20.0 Å². The second-order valence-electron chi connectivity index (χ2n) is 4.48. The van der Waals surface area contributed by atoms with Crippen molar-refractivity contribution in [3.8, 4) is 17.2 Å². The minimum absolute atomic E-state index is 0.199. The number of nitrogens with two attached hydrogens (primary N) is 1. The van der Waals surface area contributed by atoms with Crippen LogP contribution >= 0.6 is 0 Å². The van der Waals surface area contributed by atoms with Crippen molar-refractivity contribution in [2.45, 2.75) is 0 Å². The third-order valence-electron chi connectivity index (χ3n) is 3.26. The number of nitrogens with zero attached hydrogens (tertiary/aromatic N) is 2. The fourth-order valence-electron chi connectivity index (χ4n) is 2.28. The number of fused-ring (bicyclic) bond motifs is 1. The number of anilines is 1. The Hall–Kier alpha value is -2.76. The Morgan fingerprint density at radius 1 is 1.10 bits per heavy atom. The molecule has 0 aliphatic carbocycles. The van der Waals surface area contributed by atoms with Gasteiger partial charge in [0.1, 0.15) is 17.0 Å². The van der Waals surface area contributed by atoms with Crippen molar-refractivity contribution in [1.29, 1.82) is 0 Å². The molecule has 0 aliphatic rings. The molecule has 0 amide bonds. The van der Waals surface area contributed by atoms with E-state index in [1.807, 2.05) is 0 Å². The molecule has 1 aromatic heterocycles. The maximum Gasteiger partial charge on any atom is 0.206 e. The Morgan fingerprint density at radius 2 is 1.76 bits per heavy atom. The average Bonchev–Trinajstić information content (AvgIpc) is 2.84. The van der Waals surface area contributed by atoms with Crippen molar-refractivity contribution in [2.24, 2.45) is 0 Å². The van der Waals surface area contributed by atoms with E-state index in [9.17, 15) is 4.39 Å². The van der Waals surface area contributed by atoms with Crippen molar-refractivity contribution >= 4 is 17.0 Å². The van der Waals surface area contributed by atoms with Gasteiger partial charge in [0.25, 0.3) is 0 Å². The van der Waals surface area contributed by atoms with Crippen LogP contribution in [0.3, 0.4) is 0 Å². The predicted molar refractivity (Wildman–Crippen MR) is 78.5 cm³/mol. The Kier molecular flexibility index (Phi) is 3.13. The van der Waals surface area contributed by atoms with Gasteiger partial charge < -0.3 is 15.2 Å². The second kappa shape index (κ2) is 4.97. The fraction of sp³-hybridized carbons (Fsp3) is 0.133. The normalized spacial score (nSPS) is 10.8. The number of nitrogen functional groups attached to an aromatic ring is 1. The van der Waals surface area contributed by atoms with Gasteiger partial charge in [-0.25, -0.2) is 9.37 Å². The number of methoxy groups -OCH3 is 2. The molecular weight excluding hydrogens is 273 g/mol. The molecule has 0 radical (unpaired) electrons. The van der Waals surface area contributed by atoms with Crippen molar-refractivity contribution in [1.82, 2.24) is 9.55 Å². The number of para-hydroxylation sites is 1. The quantitative estimate of drug-likeness (QED) is 0.804. The minimum atomic E-state index is -0.409. The van der Waals surface area contributed by atoms with Crippen LogP contribution < -0.4 is 15.2 Å². The zero-order valence-electron chi connectivity index (χ0n) is 11.6. The summed E-state index contributed by atoms with van der Waals surface area (Å²) in [5.74, 6) is 1.02. The molecule has 0 fully saturated rings. The first-order valence-corrected chi connectivity index (χ1v) is 6.30. The molecule has 0 aliphatic heterocycles. The number of benzene rings is 2. The average molecular weight is 287 g/mol. The highest BCUT2D eigenvalue weighted by molar-refractivity contribution is 5.81.